The third-order valence-electron chi connectivity index (χ3n) is 11.7. The van der Waals surface area contributed by atoms with Crippen molar-refractivity contribution < 1.29 is 37.5 Å². The SMILES string of the molecule is CC.N#CC(C[C@@H]1CCNC1=O)NC(=O)[C@@H]1CC(F)(F)CN1C(=O)/C=C/c1ccccc1.N#C[C@H](C[C@@H]1CCNC1=O)NC(=O)[C@@H]1[C@H]2CC[C@H](C2)N1C(=O)/C=C/c1ccccc1. The highest BCUT2D eigenvalue weighted by atomic mass is 19.3. The Morgan fingerprint density at radius 1 is 0.774 bits per heavy atom. The van der Waals surface area contributed by atoms with Crippen molar-refractivity contribution in [3.05, 3.63) is 83.9 Å². The Morgan fingerprint density at radius 3 is 1.76 bits per heavy atom. The highest BCUT2D eigenvalue weighted by Crippen LogP contribution is 2.43. The summed E-state index contributed by atoms with van der Waals surface area (Å²) < 4.78 is 28.0. The van der Waals surface area contributed by atoms with Gasteiger partial charge in [-0.1, -0.05) is 74.5 Å². The van der Waals surface area contributed by atoms with E-state index in [0.717, 1.165) is 41.4 Å². The van der Waals surface area contributed by atoms with Gasteiger partial charge in [0.2, 0.25) is 35.4 Å². The van der Waals surface area contributed by atoms with Crippen LogP contribution in [0, 0.1) is 40.4 Å². The number of fused-ring (bicyclic) bond motifs is 2. The second-order valence-corrected chi connectivity index (χ2v) is 15.9. The monoisotopic (exact) mass is 852 g/mol. The Labute approximate surface area is 360 Å². The second kappa shape index (κ2) is 21.9. The zero-order chi connectivity index (χ0) is 44.8. The summed E-state index contributed by atoms with van der Waals surface area (Å²) in [5, 5.41) is 29.4. The van der Waals surface area contributed by atoms with E-state index in [2.05, 4.69) is 27.3 Å². The molecule has 7 rings (SSSR count). The van der Waals surface area contributed by atoms with Gasteiger partial charge in [0.15, 0.2) is 0 Å². The molecule has 0 radical (unpaired) electrons. The molecule has 0 aromatic heterocycles. The van der Waals surface area contributed by atoms with Crippen molar-refractivity contribution in [2.75, 3.05) is 19.6 Å². The Balaban J connectivity index is 0.000000225. The van der Waals surface area contributed by atoms with E-state index in [1.165, 1.54) is 12.2 Å². The van der Waals surface area contributed by atoms with Crippen molar-refractivity contribution in [1.29, 1.82) is 10.5 Å². The van der Waals surface area contributed by atoms with Crippen molar-refractivity contribution in [2.24, 2.45) is 17.8 Å². The van der Waals surface area contributed by atoms with Gasteiger partial charge in [-0.2, -0.15) is 10.5 Å². The van der Waals surface area contributed by atoms with Crippen LogP contribution >= 0.6 is 0 Å². The topological polar surface area (TPSA) is 205 Å². The summed E-state index contributed by atoms with van der Waals surface area (Å²) in [5.41, 5.74) is 1.65. The van der Waals surface area contributed by atoms with Crippen LogP contribution in [0.4, 0.5) is 8.78 Å². The van der Waals surface area contributed by atoms with Gasteiger partial charge >= 0.3 is 0 Å². The lowest BCUT2D eigenvalue weighted by molar-refractivity contribution is -0.139. The molecule has 8 atom stereocenters. The van der Waals surface area contributed by atoms with Crippen LogP contribution in [0.3, 0.4) is 0 Å². The molecule has 2 bridgehead atoms. The van der Waals surface area contributed by atoms with Gasteiger partial charge in [-0.05, 0) is 74.1 Å². The third-order valence-corrected chi connectivity index (χ3v) is 11.7. The summed E-state index contributed by atoms with van der Waals surface area (Å²) >= 11 is 0. The van der Waals surface area contributed by atoms with E-state index in [9.17, 15) is 48.1 Å². The number of carbonyl (C=O) groups is 6. The van der Waals surface area contributed by atoms with Crippen LogP contribution in [-0.2, 0) is 28.8 Å². The van der Waals surface area contributed by atoms with E-state index in [0.29, 0.717) is 32.4 Å². The van der Waals surface area contributed by atoms with E-state index in [4.69, 9.17) is 0 Å². The standard InChI is InChI=1S/C23H26N4O3.C21H22F2N4O3.C2H6/c24-14-18(12-17-10-11-25-22(17)29)26-23(30)21-16-7-8-19(13-16)27(21)20(28)9-6-15-4-2-1-3-5-15;22-21(23)11-17(20(30)26-16(12-24)10-15-8-9-25-19(15)29)27(13-21)18(28)7-6-14-4-2-1-3-5-14;1-2/h1-6,9,16-19,21H,7-8,10-13H2,(H,25,29)(H,26,30);1-7,15-17H,8-11,13H2,(H,25,29)(H,26,30);1-2H3/b9-6+;7-6+;/t16-,17-,18-,19+,21-;15-,16?,17-;/m00./s1. The Morgan fingerprint density at radius 2 is 1.27 bits per heavy atom. The van der Waals surface area contributed by atoms with Crippen LogP contribution in [0.15, 0.2) is 72.8 Å². The van der Waals surface area contributed by atoms with Crippen LogP contribution in [0.2, 0.25) is 0 Å². The van der Waals surface area contributed by atoms with E-state index in [1.54, 1.807) is 41.3 Å². The maximum absolute atomic E-state index is 14.0. The molecule has 5 aliphatic rings. The zero-order valence-electron chi connectivity index (χ0n) is 35.0. The predicted octanol–water partition coefficient (Wildman–Crippen LogP) is 4.11. The van der Waals surface area contributed by atoms with Gasteiger partial charge in [0, 0.05) is 49.5 Å². The number of benzene rings is 2. The van der Waals surface area contributed by atoms with Gasteiger partial charge in [-0.15, -0.1) is 0 Å². The van der Waals surface area contributed by atoms with Crippen molar-refractivity contribution in [3.8, 4) is 12.1 Å². The molecule has 14 nitrogen and oxygen atoms in total. The number of hydrogen-bond donors (Lipinski definition) is 4. The number of piperidine rings is 1. The fraction of sp³-hybridized carbons (Fsp3) is 0.478. The number of carbonyl (C=O) groups excluding carboxylic acids is 6. The van der Waals surface area contributed by atoms with Gasteiger partial charge in [-0.3, -0.25) is 28.8 Å². The van der Waals surface area contributed by atoms with Crippen molar-refractivity contribution >= 4 is 47.6 Å². The molecule has 0 spiro atoms. The van der Waals surface area contributed by atoms with Crippen molar-refractivity contribution in [1.82, 2.24) is 31.1 Å². The maximum atomic E-state index is 14.0. The second-order valence-electron chi connectivity index (χ2n) is 15.9. The van der Waals surface area contributed by atoms with Gasteiger partial charge in [0.05, 0.1) is 18.7 Å². The number of rotatable bonds is 12. The summed E-state index contributed by atoms with van der Waals surface area (Å²) in [6, 6.07) is 18.8. The first kappa shape index (κ1) is 46.6. The lowest BCUT2D eigenvalue weighted by atomic mass is 9.95. The molecule has 1 unspecified atom stereocenters. The van der Waals surface area contributed by atoms with Gasteiger partial charge in [-0.25, -0.2) is 8.78 Å². The number of halogens is 2. The molecule has 4 aliphatic heterocycles. The molecule has 2 aromatic rings. The van der Waals surface area contributed by atoms with Gasteiger partial charge in [0.25, 0.3) is 5.92 Å². The highest BCUT2D eigenvalue weighted by molar-refractivity contribution is 5.97. The Kier molecular flexibility index (Phi) is 16.5. The first-order chi connectivity index (χ1) is 29.8. The lowest BCUT2D eigenvalue weighted by Crippen LogP contribution is -2.54. The van der Waals surface area contributed by atoms with Gasteiger partial charge < -0.3 is 31.1 Å². The number of nitrogens with zero attached hydrogens (tertiary/aromatic N) is 4. The molecule has 5 fully saturated rings. The first-order valence-corrected chi connectivity index (χ1v) is 21.3. The molecule has 1 saturated carbocycles. The quantitative estimate of drug-likeness (QED) is 0.228. The molecular weight excluding hydrogens is 799 g/mol. The summed E-state index contributed by atoms with van der Waals surface area (Å²) in [7, 11) is 0. The van der Waals surface area contributed by atoms with Crippen LogP contribution in [0.5, 0.6) is 0 Å². The average molecular weight is 853 g/mol. The fourth-order valence-electron chi connectivity index (χ4n) is 8.69. The fourth-order valence-corrected chi connectivity index (χ4v) is 8.69. The van der Waals surface area contributed by atoms with E-state index in [1.807, 2.05) is 50.2 Å². The number of nitrogens with one attached hydrogen (secondary N) is 4. The minimum Gasteiger partial charge on any atom is -0.356 e. The van der Waals surface area contributed by atoms with E-state index < -0.39 is 60.8 Å². The third kappa shape index (κ3) is 12.1. The summed E-state index contributed by atoms with van der Waals surface area (Å²) in [6.45, 7) is 4.24. The highest BCUT2D eigenvalue weighted by Gasteiger charge is 2.52. The molecule has 62 heavy (non-hydrogen) atoms. The zero-order valence-corrected chi connectivity index (χ0v) is 35.0. The number of likely N-dealkylation sites (tertiary alicyclic amines) is 2. The molecular formula is C46H54F2N8O6. The average Bonchev–Trinajstić information content (AvgIpc) is 4.14. The minimum atomic E-state index is -3.20. The predicted molar refractivity (Wildman–Crippen MR) is 226 cm³/mol. The minimum absolute atomic E-state index is 0.0627. The molecule has 6 amide bonds. The normalized spacial score (nSPS) is 25.3. The van der Waals surface area contributed by atoms with Crippen LogP contribution in [0.1, 0.15) is 76.3 Å². The number of nitriles is 2. The Bertz CT molecular complexity index is 2070. The molecule has 16 heteroatoms. The number of alkyl halides is 2. The van der Waals surface area contributed by atoms with Crippen molar-refractivity contribution in [2.45, 2.75) is 101 Å². The van der Waals surface area contributed by atoms with Gasteiger partial charge in [0.1, 0.15) is 24.2 Å². The van der Waals surface area contributed by atoms with E-state index >= 15 is 0 Å². The number of hydrogen-bond acceptors (Lipinski definition) is 8. The molecule has 4 heterocycles. The van der Waals surface area contributed by atoms with Crippen LogP contribution < -0.4 is 21.3 Å². The van der Waals surface area contributed by atoms with Crippen LogP contribution in [-0.4, -0.2) is 101 Å². The molecule has 2 aromatic carbocycles. The van der Waals surface area contributed by atoms with Crippen LogP contribution in [0.25, 0.3) is 12.2 Å². The Hall–Kier alpha value is -6.42. The largest absolute Gasteiger partial charge is 0.356 e. The van der Waals surface area contributed by atoms with Crippen molar-refractivity contribution in [3.63, 3.8) is 0 Å². The number of amides is 6. The smallest absolute Gasteiger partial charge is 0.267 e. The summed E-state index contributed by atoms with van der Waals surface area (Å²) in [5.74, 6) is -5.98. The maximum Gasteiger partial charge on any atom is 0.267 e. The molecule has 4 N–H and O–H groups in total. The molecule has 328 valence electrons. The molecule has 4 saturated heterocycles. The summed E-state index contributed by atoms with van der Waals surface area (Å²) in [4.78, 5) is 77.2. The van der Waals surface area contributed by atoms with E-state index in [-0.39, 0.29) is 47.9 Å². The first-order valence-electron chi connectivity index (χ1n) is 21.3. The molecule has 1 aliphatic carbocycles. The lowest BCUT2D eigenvalue weighted by Gasteiger charge is -2.34. The summed E-state index contributed by atoms with van der Waals surface area (Å²) in [6.07, 6.45) is 9.39.